The molecule has 152 valence electrons. The van der Waals surface area contributed by atoms with E-state index < -0.39 is 23.3 Å². The second-order valence-electron chi connectivity index (χ2n) is 6.87. The van der Waals surface area contributed by atoms with Crippen LogP contribution in [-0.2, 0) is 30.6 Å². The third-order valence-electron chi connectivity index (χ3n) is 4.67. The summed E-state index contributed by atoms with van der Waals surface area (Å²) in [5, 5.41) is 6.93. The van der Waals surface area contributed by atoms with E-state index in [0.29, 0.717) is 17.8 Å². The summed E-state index contributed by atoms with van der Waals surface area (Å²) in [7, 11) is 0.816. The molecule has 2 aromatic heterocycles. The van der Waals surface area contributed by atoms with Gasteiger partial charge in [0.2, 0.25) is 5.89 Å². The SMILES string of the molecule is CN1Cc2ccc(N(Cc3ccc(-c4nnc(C(F)F)o4)cn3)S(C)=O)cc2C1. The Morgan fingerprint density at radius 2 is 2.00 bits per heavy atom. The van der Waals surface area contributed by atoms with Gasteiger partial charge in [0, 0.05) is 25.5 Å². The van der Waals surface area contributed by atoms with Crippen LogP contribution in [0.3, 0.4) is 0 Å². The number of aromatic nitrogens is 3. The van der Waals surface area contributed by atoms with Gasteiger partial charge in [-0.15, -0.1) is 10.2 Å². The molecule has 0 aliphatic carbocycles. The molecule has 1 aliphatic heterocycles. The third kappa shape index (κ3) is 4.18. The van der Waals surface area contributed by atoms with Crippen LogP contribution in [0.1, 0.15) is 29.1 Å². The van der Waals surface area contributed by atoms with Gasteiger partial charge in [0.05, 0.1) is 23.5 Å². The van der Waals surface area contributed by atoms with Crippen molar-refractivity contribution in [2.45, 2.75) is 26.1 Å². The van der Waals surface area contributed by atoms with Gasteiger partial charge in [-0.2, -0.15) is 8.78 Å². The fourth-order valence-corrected chi connectivity index (χ4v) is 3.99. The van der Waals surface area contributed by atoms with Crippen molar-refractivity contribution >= 4 is 16.7 Å². The largest absolute Gasteiger partial charge is 0.415 e. The first kappa shape index (κ1) is 19.6. The van der Waals surface area contributed by atoms with Crippen LogP contribution in [-0.4, -0.2) is 37.6 Å². The van der Waals surface area contributed by atoms with E-state index in [-0.39, 0.29) is 5.89 Å². The average molecular weight is 419 g/mol. The molecule has 10 heteroatoms. The molecule has 0 saturated heterocycles. The average Bonchev–Trinajstić information content (AvgIpc) is 3.32. The molecule has 4 rings (SSSR count). The lowest BCUT2D eigenvalue weighted by atomic mass is 10.1. The van der Waals surface area contributed by atoms with Crippen molar-refractivity contribution in [1.29, 1.82) is 0 Å². The number of fused-ring (bicyclic) bond motifs is 1. The second-order valence-corrected chi connectivity index (χ2v) is 8.16. The normalized spacial score (nSPS) is 14.9. The summed E-state index contributed by atoms with van der Waals surface area (Å²) in [5.41, 5.74) is 4.50. The molecule has 3 heterocycles. The number of nitrogens with zero attached hydrogens (tertiary/aromatic N) is 5. The lowest BCUT2D eigenvalue weighted by Crippen LogP contribution is -2.24. The Hall–Kier alpha value is -2.72. The number of rotatable bonds is 6. The van der Waals surface area contributed by atoms with Crippen molar-refractivity contribution < 1.29 is 17.4 Å². The van der Waals surface area contributed by atoms with E-state index in [4.69, 9.17) is 4.42 Å². The van der Waals surface area contributed by atoms with Gasteiger partial charge >= 0.3 is 6.43 Å². The molecule has 1 aliphatic rings. The third-order valence-corrected chi connectivity index (χ3v) is 5.63. The van der Waals surface area contributed by atoms with Crippen LogP contribution in [0.15, 0.2) is 40.9 Å². The lowest BCUT2D eigenvalue weighted by molar-refractivity contribution is 0.116. The Bertz CT molecular complexity index is 1040. The van der Waals surface area contributed by atoms with Crippen LogP contribution in [0.25, 0.3) is 11.5 Å². The molecule has 3 aromatic rings. The van der Waals surface area contributed by atoms with Gasteiger partial charge in [-0.25, -0.2) is 4.21 Å². The highest BCUT2D eigenvalue weighted by Gasteiger charge is 2.20. The summed E-state index contributed by atoms with van der Waals surface area (Å²) >= 11 is 0. The molecule has 0 spiro atoms. The Balaban J connectivity index is 1.53. The Morgan fingerprint density at radius 1 is 1.21 bits per heavy atom. The van der Waals surface area contributed by atoms with E-state index in [0.717, 1.165) is 18.8 Å². The van der Waals surface area contributed by atoms with Crippen LogP contribution in [0.4, 0.5) is 14.5 Å². The van der Waals surface area contributed by atoms with Crippen molar-refractivity contribution in [2.75, 3.05) is 17.6 Å². The molecule has 7 nitrogen and oxygen atoms in total. The smallest absolute Gasteiger partial charge is 0.314 e. The quantitative estimate of drug-likeness (QED) is 0.610. The van der Waals surface area contributed by atoms with E-state index in [2.05, 4.69) is 39.3 Å². The summed E-state index contributed by atoms with van der Waals surface area (Å²) in [5.74, 6) is -0.739. The topological polar surface area (TPSA) is 75.4 Å². The predicted octanol–water partition coefficient (Wildman–Crippen LogP) is 3.31. The zero-order valence-electron chi connectivity index (χ0n) is 15.9. The van der Waals surface area contributed by atoms with Crippen LogP contribution >= 0.6 is 0 Å². The van der Waals surface area contributed by atoms with Crippen molar-refractivity contribution in [1.82, 2.24) is 20.1 Å². The first-order valence-corrected chi connectivity index (χ1v) is 10.4. The highest BCUT2D eigenvalue weighted by atomic mass is 32.2. The minimum absolute atomic E-state index is 0.0157. The van der Waals surface area contributed by atoms with Gasteiger partial charge in [0.1, 0.15) is 11.0 Å². The number of pyridine rings is 1. The molecular weight excluding hydrogens is 400 g/mol. The van der Waals surface area contributed by atoms with Crippen LogP contribution < -0.4 is 4.31 Å². The van der Waals surface area contributed by atoms with E-state index in [1.165, 1.54) is 17.3 Å². The van der Waals surface area contributed by atoms with E-state index in [9.17, 15) is 13.0 Å². The number of benzene rings is 1. The zero-order chi connectivity index (χ0) is 20.5. The molecule has 1 atom stereocenters. The minimum Gasteiger partial charge on any atom is -0.415 e. The highest BCUT2D eigenvalue weighted by molar-refractivity contribution is 7.85. The summed E-state index contributed by atoms with van der Waals surface area (Å²) in [6, 6.07) is 9.50. The molecule has 0 amide bonds. The molecule has 0 fully saturated rings. The van der Waals surface area contributed by atoms with Crippen LogP contribution in [0.2, 0.25) is 0 Å². The van der Waals surface area contributed by atoms with E-state index in [1.807, 2.05) is 6.07 Å². The summed E-state index contributed by atoms with van der Waals surface area (Å²) in [6.07, 6.45) is 0.286. The maximum Gasteiger partial charge on any atom is 0.314 e. The van der Waals surface area contributed by atoms with Gasteiger partial charge in [-0.1, -0.05) is 6.07 Å². The summed E-state index contributed by atoms with van der Waals surface area (Å²) < 4.78 is 44.3. The Kier molecular flexibility index (Phi) is 5.37. The number of anilines is 1. The van der Waals surface area contributed by atoms with Gasteiger partial charge in [-0.3, -0.25) is 14.2 Å². The van der Waals surface area contributed by atoms with Gasteiger partial charge < -0.3 is 4.42 Å². The molecule has 1 unspecified atom stereocenters. The summed E-state index contributed by atoms with van der Waals surface area (Å²) in [4.78, 5) is 6.56. The maximum absolute atomic E-state index is 12.6. The number of hydrogen-bond donors (Lipinski definition) is 0. The molecule has 0 bridgehead atoms. The van der Waals surface area contributed by atoms with E-state index in [1.54, 1.807) is 22.7 Å². The Labute approximate surface area is 169 Å². The van der Waals surface area contributed by atoms with Crippen molar-refractivity contribution in [3.63, 3.8) is 0 Å². The number of alkyl halides is 2. The van der Waals surface area contributed by atoms with Crippen molar-refractivity contribution in [2.24, 2.45) is 0 Å². The molecule has 0 N–H and O–H groups in total. The minimum atomic E-state index is -2.82. The zero-order valence-corrected chi connectivity index (χ0v) is 16.7. The maximum atomic E-state index is 12.6. The van der Waals surface area contributed by atoms with Crippen molar-refractivity contribution in [3.05, 3.63) is 59.2 Å². The van der Waals surface area contributed by atoms with Gasteiger partial charge in [-0.05, 0) is 42.4 Å². The highest BCUT2D eigenvalue weighted by Crippen LogP contribution is 2.28. The first-order chi connectivity index (χ1) is 13.9. The molecule has 0 radical (unpaired) electrons. The molecule has 1 aromatic carbocycles. The lowest BCUT2D eigenvalue weighted by Gasteiger charge is -2.22. The van der Waals surface area contributed by atoms with Gasteiger partial charge in [0.15, 0.2) is 0 Å². The molecule has 29 heavy (non-hydrogen) atoms. The second kappa shape index (κ2) is 7.96. The summed E-state index contributed by atoms with van der Waals surface area (Å²) in [6.45, 7) is 2.12. The predicted molar refractivity (Wildman–Crippen MR) is 104 cm³/mol. The monoisotopic (exact) mass is 419 g/mol. The standard InChI is InChI=1S/C19H19F2N5O2S/c1-25-9-13-4-6-16(7-14(13)10-25)26(29(2)27)11-15-5-3-12(8-22-15)18-23-24-19(28-18)17(20)21/h3-8,17H,9-11H2,1-2H3. The van der Waals surface area contributed by atoms with E-state index >= 15 is 0 Å². The van der Waals surface area contributed by atoms with Crippen LogP contribution in [0, 0.1) is 0 Å². The fourth-order valence-electron chi connectivity index (χ4n) is 3.27. The fraction of sp³-hybridized carbons (Fsp3) is 0.316. The number of halogens is 2. The number of hydrogen-bond acceptors (Lipinski definition) is 6. The van der Waals surface area contributed by atoms with Crippen molar-refractivity contribution in [3.8, 4) is 11.5 Å². The molecular formula is C19H19F2N5O2S. The Morgan fingerprint density at radius 3 is 2.66 bits per heavy atom. The van der Waals surface area contributed by atoms with Crippen LogP contribution in [0.5, 0.6) is 0 Å². The molecule has 0 saturated carbocycles. The van der Waals surface area contributed by atoms with Gasteiger partial charge in [0.25, 0.3) is 5.89 Å². The first-order valence-electron chi connectivity index (χ1n) is 8.89.